The standard InChI is InChI=1S/C48H44N6O16S/c1-5-16-49-42(56)28-7-14-40(53(61)62)30(19-28)24-68-45(59)51-32-9-12-36-38(22-32)47(3,4)39-23-33(10-13-37(39)48(36)35-11-6-27(26(2)55)21-34(35)44(58)70-48)52-46(60)69-25-31-20-29(8-15-41(31)54(63)64)43(57)50-17-18-71(65,66)67/h6-15,19-23H,5,16-18,24-25H2,1-4H3,(H,49,56)(H,50,57)(H,51,59)(H,52,60)(H,65,66,67). The highest BCUT2D eigenvalue weighted by molar-refractivity contribution is 7.85. The molecule has 0 bridgehead atoms. The van der Waals surface area contributed by atoms with Crippen molar-refractivity contribution in [2.75, 3.05) is 29.5 Å². The summed E-state index contributed by atoms with van der Waals surface area (Å²) in [6.45, 7) is 5.57. The first-order valence-corrected chi connectivity index (χ1v) is 23.3. The van der Waals surface area contributed by atoms with E-state index in [0.717, 1.165) is 24.3 Å². The number of nitro groups is 2. The second-order valence-electron chi connectivity index (χ2n) is 16.9. The fraction of sp³-hybridized carbons (Fsp3) is 0.250. The predicted molar refractivity (Wildman–Crippen MR) is 252 cm³/mol. The third-order valence-electron chi connectivity index (χ3n) is 11.9. The monoisotopic (exact) mass is 992 g/mol. The zero-order valence-corrected chi connectivity index (χ0v) is 39.1. The van der Waals surface area contributed by atoms with Gasteiger partial charge in [-0.3, -0.25) is 49.8 Å². The molecule has 0 aromatic heterocycles. The number of hydrogen-bond acceptors (Lipinski definition) is 15. The van der Waals surface area contributed by atoms with Crippen LogP contribution in [0.25, 0.3) is 0 Å². The average molecular weight is 993 g/mol. The van der Waals surface area contributed by atoms with Crippen molar-refractivity contribution in [1.29, 1.82) is 0 Å². The number of carbonyl (C=O) groups excluding carboxylic acids is 6. The number of ether oxygens (including phenoxy) is 3. The minimum Gasteiger partial charge on any atom is -0.444 e. The lowest BCUT2D eigenvalue weighted by atomic mass is 9.61. The van der Waals surface area contributed by atoms with Gasteiger partial charge < -0.3 is 24.8 Å². The van der Waals surface area contributed by atoms with Crippen molar-refractivity contribution in [3.05, 3.63) is 172 Å². The number of nitro benzene ring substituents is 2. The van der Waals surface area contributed by atoms with Crippen LogP contribution in [0.4, 0.5) is 32.3 Å². The summed E-state index contributed by atoms with van der Waals surface area (Å²) in [5.74, 6) is -3.08. The molecule has 1 unspecified atom stereocenters. The lowest BCUT2D eigenvalue weighted by Crippen LogP contribution is -2.41. The van der Waals surface area contributed by atoms with E-state index < -0.39 is 92.1 Å². The van der Waals surface area contributed by atoms with Crippen LogP contribution in [0.2, 0.25) is 0 Å². The maximum atomic E-state index is 13.8. The minimum atomic E-state index is -4.38. The van der Waals surface area contributed by atoms with E-state index in [1.807, 2.05) is 20.8 Å². The molecule has 1 aliphatic heterocycles. The summed E-state index contributed by atoms with van der Waals surface area (Å²) in [5, 5.41) is 33.9. The average Bonchev–Trinajstić information content (AvgIpc) is 3.61. The van der Waals surface area contributed by atoms with E-state index in [1.54, 1.807) is 42.5 Å². The molecule has 0 radical (unpaired) electrons. The minimum absolute atomic E-state index is 0.0316. The Morgan fingerprint density at radius 2 is 1.13 bits per heavy atom. The van der Waals surface area contributed by atoms with Crippen LogP contribution in [0.3, 0.4) is 0 Å². The molecule has 1 spiro atoms. The summed E-state index contributed by atoms with van der Waals surface area (Å²) < 4.78 is 48.2. The fourth-order valence-electron chi connectivity index (χ4n) is 8.44. The molecule has 5 N–H and O–H groups in total. The van der Waals surface area contributed by atoms with Gasteiger partial charge in [0.15, 0.2) is 11.4 Å². The smallest absolute Gasteiger partial charge is 0.411 e. The molecule has 0 saturated carbocycles. The van der Waals surface area contributed by atoms with Crippen LogP contribution in [0.1, 0.15) is 114 Å². The fourth-order valence-corrected chi connectivity index (χ4v) is 8.80. The Balaban J connectivity index is 1.18. The highest BCUT2D eigenvalue weighted by atomic mass is 32.2. The molecule has 0 saturated heterocycles. The Bertz CT molecular complexity index is 3210. The molecule has 1 atom stereocenters. The van der Waals surface area contributed by atoms with E-state index in [1.165, 1.54) is 31.2 Å². The van der Waals surface area contributed by atoms with Gasteiger partial charge in [-0.05, 0) is 79.1 Å². The van der Waals surface area contributed by atoms with Gasteiger partial charge in [0.1, 0.15) is 13.2 Å². The lowest BCUT2D eigenvalue weighted by molar-refractivity contribution is -0.386. The van der Waals surface area contributed by atoms with E-state index in [2.05, 4.69) is 21.3 Å². The summed E-state index contributed by atoms with van der Waals surface area (Å²) in [4.78, 5) is 101. The van der Waals surface area contributed by atoms with E-state index >= 15 is 0 Å². The Labute approximate surface area is 404 Å². The number of nitrogens with one attached hydrogen (secondary N) is 4. The zero-order valence-electron chi connectivity index (χ0n) is 38.3. The van der Waals surface area contributed by atoms with Crippen molar-refractivity contribution in [1.82, 2.24) is 10.6 Å². The summed E-state index contributed by atoms with van der Waals surface area (Å²) in [5.41, 5.74) is -0.561. The van der Waals surface area contributed by atoms with Gasteiger partial charge in [-0.15, -0.1) is 0 Å². The van der Waals surface area contributed by atoms with Crippen molar-refractivity contribution >= 4 is 68.6 Å². The lowest BCUT2D eigenvalue weighted by Gasteiger charge is -2.44. The van der Waals surface area contributed by atoms with Crippen molar-refractivity contribution in [3.8, 4) is 0 Å². The molecule has 23 heteroatoms. The highest BCUT2D eigenvalue weighted by Gasteiger charge is 2.55. The summed E-state index contributed by atoms with van der Waals surface area (Å²) in [7, 11) is -4.38. The van der Waals surface area contributed by atoms with Gasteiger partial charge in [0.05, 0.1) is 32.3 Å². The van der Waals surface area contributed by atoms with Crippen LogP contribution < -0.4 is 21.3 Å². The second-order valence-corrected chi connectivity index (χ2v) is 18.5. The van der Waals surface area contributed by atoms with E-state index in [4.69, 9.17) is 18.8 Å². The van der Waals surface area contributed by atoms with Gasteiger partial charge in [-0.25, -0.2) is 14.4 Å². The molecular formula is C48H44N6O16S. The molecule has 71 heavy (non-hydrogen) atoms. The Kier molecular flexibility index (Phi) is 14.0. The molecule has 5 aromatic carbocycles. The largest absolute Gasteiger partial charge is 0.444 e. The maximum absolute atomic E-state index is 13.8. The van der Waals surface area contributed by atoms with Gasteiger partial charge in [0.25, 0.3) is 33.3 Å². The summed E-state index contributed by atoms with van der Waals surface area (Å²) >= 11 is 0. The highest BCUT2D eigenvalue weighted by Crippen LogP contribution is 2.57. The topological polar surface area (TPSA) is 319 Å². The molecule has 2 aliphatic rings. The van der Waals surface area contributed by atoms with Crippen LogP contribution in [0.15, 0.2) is 91.0 Å². The number of hydrogen-bond donors (Lipinski definition) is 5. The number of esters is 1. The molecule has 5 aromatic rings. The molecule has 0 fully saturated rings. The summed E-state index contributed by atoms with van der Waals surface area (Å²) in [6.07, 6.45) is -1.41. The van der Waals surface area contributed by atoms with Crippen LogP contribution in [-0.2, 0) is 48.6 Å². The zero-order chi connectivity index (χ0) is 51.6. The van der Waals surface area contributed by atoms with E-state index in [-0.39, 0.29) is 56.2 Å². The third kappa shape index (κ3) is 10.4. The Hall–Kier alpha value is -8.57. The van der Waals surface area contributed by atoms with Gasteiger partial charge in [0, 0.05) is 75.4 Å². The normalized spacial score (nSPS) is 15.0. The number of nitrogens with zero attached hydrogens (tertiary/aromatic N) is 2. The first-order chi connectivity index (χ1) is 33.5. The maximum Gasteiger partial charge on any atom is 0.411 e. The molecule has 368 valence electrons. The van der Waals surface area contributed by atoms with Crippen LogP contribution >= 0.6 is 0 Å². The van der Waals surface area contributed by atoms with Crippen molar-refractivity contribution < 1.29 is 65.8 Å². The number of Topliss-reactive ketones (excluding diaryl/α,β-unsaturated/α-hetero) is 1. The first-order valence-electron chi connectivity index (χ1n) is 21.7. The Morgan fingerprint density at radius 1 is 0.662 bits per heavy atom. The van der Waals surface area contributed by atoms with Crippen LogP contribution in [0, 0.1) is 20.2 Å². The van der Waals surface area contributed by atoms with Crippen molar-refractivity contribution in [3.63, 3.8) is 0 Å². The van der Waals surface area contributed by atoms with E-state index in [9.17, 15) is 57.4 Å². The van der Waals surface area contributed by atoms with Crippen LogP contribution in [0.5, 0.6) is 0 Å². The van der Waals surface area contributed by atoms with Crippen molar-refractivity contribution in [2.45, 2.75) is 58.3 Å². The molecule has 4 amide bonds. The number of carbonyl (C=O) groups is 6. The number of ketones is 1. The van der Waals surface area contributed by atoms with Crippen molar-refractivity contribution in [2.24, 2.45) is 0 Å². The number of anilines is 2. The summed E-state index contributed by atoms with van der Waals surface area (Å²) in [6, 6.07) is 21.2. The molecule has 1 aliphatic carbocycles. The first kappa shape index (κ1) is 50.3. The number of rotatable bonds is 16. The predicted octanol–water partition coefficient (Wildman–Crippen LogP) is 7.06. The third-order valence-corrected chi connectivity index (χ3v) is 12.6. The number of benzene rings is 5. The van der Waals surface area contributed by atoms with Crippen LogP contribution in [-0.4, -0.2) is 77.4 Å². The SMILES string of the molecule is CCCNC(=O)c1ccc([N+](=O)[O-])c(COC(=O)Nc2ccc3c(c2)C(C)(C)c2cc(NC(=O)OCc4cc(C(=O)NCCS(=O)(=O)O)ccc4[N+](=O)[O-])ccc2C32OC(=O)c3cc(C(C)=O)ccc32)c1. The molecule has 1 heterocycles. The van der Waals surface area contributed by atoms with Gasteiger partial charge in [-0.2, -0.15) is 8.42 Å². The Morgan fingerprint density at radius 3 is 1.58 bits per heavy atom. The quantitative estimate of drug-likeness (QED) is 0.0165. The van der Waals surface area contributed by atoms with Gasteiger partial charge >= 0.3 is 18.2 Å². The second kappa shape index (κ2) is 19.8. The van der Waals surface area contributed by atoms with Gasteiger partial charge in [-0.1, -0.05) is 45.0 Å². The molecule has 22 nitrogen and oxygen atoms in total. The van der Waals surface area contributed by atoms with E-state index in [0.29, 0.717) is 40.8 Å². The van der Waals surface area contributed by atoms with Gasteiger partial charge in [0.2, 0.25) is 0 Å². The molecule has 7 rings (SSSR count). The number of amides is 4. The molecular weight excluding hydrogens is 949 g/mol. The number of fused-ring (bicyclic) bond motifs is 6.